The first kappa shape index (κ1) is 15.6. The van der Waals surface area contributed by atoms with E-state index in [2.05, 4.69) is 0 Å². The van der Waals surface area contributed by atoms with Crippen LogP contribution in [0.4, 0.5) is 8.78 Å². The van der Waals surface area contributed by atoms with Crippen molar-refractivity contribution in [1.29, 1.82) is 0 Å². The van der Waals surface area contributed by atoms with Gasteiger partial charge in [0.2, 0.25) is 0 Å². The molecule has 1 atom stereocenters. The second-order valence-electron chi connectivity index (χ2n) is 4.49. The molecule has 0 amide bonds. The van der Waals surface area contributed by atoms with Crippen LogP contribution >= 0.6 is 11.6 Å². The van der Waals surface area contributed by atoms with Crippen LogP contribution in [0.3, 0.4) is 0 Å². The van der Waals surface area contributed by atoms with Crippen LogP contribution in [0, 0.1) is 11.6 Å². The molecule has 5 heteroatoms. The molecular formula is C16H15ClF2O2. The molecular weight excluding hydrogens is 298 g/mol. The van der Waals surface area contributed by atoms with Gasteiger partial charge in [-0.2, -0.15) is 0 Å². The molecule has 2 aromatic carbocycles. The smallest absolute Gasteiger partial charge is 0.163 e. The first-order valence-electron chi connectivity index (χ1n) is 6.35. The van der Waals surface area contributed by atoms with E-state index < -0.39 is 11.2 Å². The molecule has 112 valence electrons. The maximum atomic E-state index is 14.1. The number of hydrogen-bond acceptors (Lipinski definition) is 2. The fourth-order valence-corrected chi connectivity index (χ4v) is 2.41. The summed E-state index contributed by atoms with van der Waals surface area (Å²) in [4.78, 5) is 0. The molecule has 0 bridgehead atoms. The van der Waals surface area contributed by atoms with Gasteiger partial charge in [0.15, 0.2) is 11.5 Å². The van der Waals surface area contributed by atoms with Crippen LogP contribution in [-0.4, -0.2) is 14.2 Å². The zero-order chi connectivity index (χ0) is 15.4. The first-order chi connectivity index (χ1) is 10.1. The van der Waals surface area contributed by atoms with E-state index in [0.29, 0.717) is 11.3 Å². The highest BCUT2D eigenvalue weighted by Gasteiger charge is 2.19. The van der Waals surface area contributed by atoms with Gasteiger partial charge < -0.3 is 9.47 Å². The molecule has 0 saturated carbocycles. The number of methoxy groups -OCH3 is 2. The normalized spacial score (nSPS) is 12.0. The molecule has 2 rings (SSSR count). The summed E-state index contributed by atoms with van der Waals surface area (Å²) in [6.07, 6.45) is 0.181. The molecule has 2 aromatic rings. The van der Waals surface area contributed by atoms with Gasteiger partial charge in [0.05, 0.1) is 19.6 Å². The predicted molar refractivity (Wildman–Crippen MR) is 78.2 cm³/mol. The van der Waals surface area contributed by atoms with Crippen molar-refractivity contribution < 1.29 is 18.3 Å². The maximum absolute atomic E-state index is 14.1. The predicted octanol–water partition coefficient (Wildman–Crippen LogP) is 4.50. The average Bonchev–Trinajstić information content (AvgIpc) is 2.49. The lowest BCUT2D eigenvalue weighted by atomic mass is 10.0. The number of hydrogen-bond donors (Lipinski definition) is 0. The monoisotopic (exact) mass is 312 g/mol. The fraction of sp³-hybridized carbons (Fsp3) is 0.250. The van der Waals surface area contributed by atoms with Crippen LogP contribution in [0.1, 0.15) is 16.5 Å². The maximum Gasteiger partial charge on any atom is 0.163 e. The second-order valence-corrected chi connectivity index (χ2v) is 5.02. The van der Waals surface area contributed by atoms with Crippen LogP contribution in [0.2, 0.25) is 0 Å². The minimum Gasteiger partial charge on any atom is -0.493 e. The first-order valence-corrected chi connectivity index (χ1v) is 6.79. The van der Waals surface area contributed by atoms with Gasteiger partial charge in [-0.3, -0.25) is 0 Å². The van der Waals surface area contributed by atoms with Crippen molar-refractivity contribution in [3.05, 3.63) is 59.2 Å². The highest BCUT2D eigenvalue weighted by atomic mass is 35.5. The largest absolute Gasteiger partial charge is 0.493 e. The minimum atomic E-state index is -0.707. The Morgan fingerprint density at radius 3 is 2.24 bits per heavy atom. The van der Waals surface area contributed by atoms with Gasteiger partial charge >= 0.3 is 0 Å². The SMILES string of the molecule is COc1cc(F)c(C(Cl)Cc2ccccc2F)cc1OC. The summed E-state index contributed by atoms with van der Waals surface area (Å²) in [6, 6.07) is 8.98. The van der Waals surface area contributed by atoms with Crippen molar-refractivity contribution in [1.82, 2.24) is 0 Å². The Hall–Kier alpha value is -1.81. The third-order valence-electron chi connectivity index (χ3n) is 3.20. The molecule has 0 aliphatic rings. The van der Waals surface area contributed by atoms with Gasteiger partial charge in [-0.05, 0) is 24.1 Å². The van der Waals surface area contributed by atoms with Gasteiger partial charge in [-0.15, -0.1) is 11.6 Å². The highest BCUT2D eigenvalue weighted by molar-refractivity contribution is 6.21. The van der Waals surface area contributed by atoms with Crippen molar-refractivity contribution >= 4 is 11.6 Å². The molecule has 1 unspecified atom stereocenters. The summed E-state index contributed by atoms with van der Waals surface area (Å²) >= 11 is 6.24. The molecule has 0 aliphatic carbocycles. The van der Waals surface area contributed by atoms with Crippen LogP contribution in [0.15, 0.2) is 36.4 Å². The van der Waals surface area contributed by atoms with E-state index in [-0.39, 0.29) is 23.6 Å². The molecule has 0 saturated heterocycles. The standard InChI is InChI=1S/C16H15ClF2O2/c1-20-15-8-11(14(19)9-16(15)21-2)12(17)7-10-5-3-4-6-13(10)18/h3-6,8-9,12H,7H2,1-2H3. The number of alkyl halides is 1. The van der Waals surface area contributed by atoms with Gasteiger partial charge in [-0.1, -0.05) is 18.2 Å². The van der Waals surface area contributed by atoms with Gasteiger partial charge in [-0.25, -0.2) is 8.78 Å². The van der Waals surface area contributed by atoms with Crippen LogP contribution in [-0.2, 0) is 6.42 Å². The average molecular weight is 313 g/mol. The molecule has 0 aromatic heterocycles. The Morgan fingerprint density at radius 1 is 1.00 bits per heavy atom. The molecule has 0 fully saturated rings. The highest BCUT2D eigenvalue weighted by Crippen LogP contribution is 2.36. The van der Waals surface area contributed by atoms with E-state index in [4.69, 9.17) is 21.1 Å². The Labute approximate surface area is 127 Å². The van der Waals surface area contributed by atoms with E-state index in [1.54, 1.807) is 18.2 Å². The molecule has 0 radical (unpaired) electrons. The summed E-state index contributed by atoms with van der Waals surface area (Å²) in [6.45, 7) is 0. The van der Waals surface area contributed by atoms with Crippen molar-refractivity contribution in [3.8, 4) is 11.5 Å². The quantitative estimate of drug-likeness (QED) is 0.757. The molecule has 0 spiro atoms. The van der Waals surface area contributed by atoms with Crippen molar-refractivity contribution in [2.45, 2.75) is 11.8 Å². The topological polar surface area (TPSA) is 18.5 Å². The van der Waals surface area contributed by atoms with E-state index in [0.717, 1.165) is 0 Å². The lowest BCUT2D eigenvalue weighted by Crippen LogP contribution is -2.03. The summed E-state index contributed by atoms with van der Waals surface area (Å²) in [5.74, 6) is -0.199. The number of ether oxygens (including phenoxy) is 2. The van der Waals surface area contributed by atoms with E-state index in [1.807, 2.05) is 0 Å². The third kappa shape index (κ3) is 3.45. The Morgan fingerprint density at radius 2 is 1.62 bits per heavy atom. The summed E-state index contributed by atoms with van der Waals surface area (Å²) in [7, 11) is 2.88. The Bertz CT molecular complexity index is 632. The van der Waals surface area contributed by atoms with Gasteiger partial charge in [0, 0.05) is 11.6 Å². The summed E-state index contributed by atoms with van der Waals surface area (Å²) in [5, 5.41) is -0.707. The lowest BCUT2D eigenvalue weighted by molar-refractivity contribution is 0.351. The third-order valence-corrected chi connectivity index (χ3v) is 3.59. The molecule has 0 N–H and O–H groups in total. The molecule has 0 aliphatic heterocycles. The minimum absolute atomic E-state index is 0.181. The Balaban J connectivity index is 2.31. The van der Waals surface area contributed by atoms with Crippen molar-refractivity contribution in [2.75, 3.05) is 14.2 Å². The van der Waals surface area contributed by atoms with Gasteiger partial charge in [0.1, 0.15) is 11.6 Å². The van der Waals surface area contributed by atoms with E-state index in [9.17, 15) is 8.78 Å². The number of halogens is 3. The summed E-state index contributed by atoms with van der Waals surface area (Å²) < 4.78 is 37.9. The van der Waals surface area contributed by atoms with Crippen molar-refractivity contribution in [3.63, 3.8) is 0 Å². The van der Waals surface area contributed by atoms with E-state index in [1.165, 1.54) is 32.4 Å². The second kappa shape index (κ2) is 6.76. The van der Waals surface area contributed by atoms with Crippen LogP contribution in [0.25, 0.3) is 0 Å². The molecule has 21 heavy (non-hydrogen) atoms. The number of benzene rings is 2. The fourth-order valence-electron chi connectivity index (χ4n) is 2.08. The van der Waals surface area contributed by atoms with Crippen LogP contribution < -0.4 is 9.47 Å². The molecule has 0 heterocycles. The van der Waals surface area contributed by atoms with Crippen LogP contribution in [0.5, 0.6) is 11.5 Å². The van der Waals surface area contributed by atoms with Crippen molar-refractivity contribution in [2.24, 2.45) is 0 Å². The summed E-state index contributed by atoms with van der Waals surface area (Å²) in [5.41, 5.74) is 0.684. The van der Waals surface area contributed by atoms with Gasteiger partial charge in [0.25, 0.3) is 0 Å². The Kier molecular flexibility index (Phi) is 5.02. The molecule has 2 nitrogen and oxygen atoms in total. The van der Waals surface area contributed by atoms with E-state index >= 15 is 0 Å². The lowest BCUT2D eigenvalue weighted by Gasteiger charge is -2.15. The zero-order valence-electron chi connectivity index (χ0n) is 11.7. The number of rotatable bonds is 5. The zero-order valence-corrected chi connectivity index (χ0v) is 12.5.